The van der Waals surface area contributed by atoms with Crippen molar-refractivity contribution in [2.75, 3.05) is 10.6 Å². The number of nitrogens with zero attached hydrogens (tertiary/aromatic N) is 2. The maximum absolute atomic E-state index is 11.7. The highest BCUT2D eigenvalue weighted by molar-refractivity contribution is 6.29. The zero-order chi connectivity index (χ0) is 13.0. The predicted octanol–water partition coefficient (Wildman–Crippen LogP) is 3.08. The first kappa shape index (κ1) is 12.3. The van der Waals surface area contributed by atoms with Gasteiger partial charge in [0.2, 0.25) is 0 Å². The molecule has 0 bridgehead atoms. The number of carbonyl (C=O) groups excluding carboxylic acids is 1. The average molecular weight is 263 g/mol. The Hall–Kier alpha value is -2.14. The van der Waals surface area contributed by atoms with Crippen molar-refractivity contribution in [1.29, 1.82) is 0 Å². The van der Waals surface area contributed by atoms with Crippen molar-refractivity contribution >= 4 is 29.0 Å². The van der Waals surface area contributed by atoms with Crippen LogP contribution in [0.2, 0.25) is 5.15 Å². The van der Waals surface area contributed by atoms with Gasteiger partial charge in [-0.3, -0.25) is 4.98 Å². The minimum atomic E-state index is -0.345. The fraction of sp³-hybridized carbons (Fsp3) is 0.0833. The zero-order valence-electron chi connectivity index (χ0n) is 9.64. The lowest BCUT2D eigenvalue weighted by atomic mass is 10.3. The molecule has 0 spiro atoms. The highest BCUT2D eigenvalue weighted by atomic mass is 35.5. The summed E-state index contributed by atoms with van der Waals surface area (Å²) in [7, 11) is 0. The molecule has 0 atom stereocenters. The summed E-state index contributed by atoms with van der Waals surface area (Å²) in [6.45, 7) is 1.85. The van der Waals surface area contributed by atoms with E-state index in [4.69, 9.17) is 11.6 Å². The maximum atomic E-state index is 11.7. The van der Waals surface area contributed by atoms with E-state index in [0.717, 1.165) is 5.69 Å². The van der Waals surface area contributed by atoms with Gasteiger partial charge in [-0.25, -0.2) is 9.78 Å². The van der Waals surface area contributed by atoms with E-state index in [1.54, 1.807) is 30.5 Å². The first-order valence-corrected chi connectivity index (χ1v) is 5.63. The summed E-state index contributed by atoms with van der Waals surface area (Å²) < 4.78 is 0. The minimum absolute atomic E-state index is 0.326. The van der Waals surface area contributed by atoms with Gasteiger partial charge in [-0.05, 0) is 31.2 Å². The molecule has 2 heterocycles. The van der Waals surface area contributed by atoms with Crippen molar-refractivity contribution in [3.63, 3.8) is 0 Å². The fourth-order valence-corrected chi connectivity index (χ4v) is 1.57. The monoisotopic (exact) mass is 262 g/mol. The summed E-state index contributed by atoms with van der Waals surface area (Å²) in [5.41, 5.74) is 2.10. The Morgan fingerprint density at radius 3 is 2.33 bits per heavy atom. The van der Waals surface area contributed by atoms with Gasteiger partial charge in [0, 0.05) is 29.5 Å². The second-order valence-corrected chi connectivity index (χ2v) is 4.02. The first-order chi connectivity index (χ1) is 8.63. The first-order valence-electron chi connectivity index (χ1n) is 5.26. The number of aryl methyl sites for hydroxylation is 1. The fourth-order valence-electron chi connectivity index (χ4n) is 1.40. The summed E-state index contributed by atoms with van der Waals surface area (Å²) in [5, 5.41) is 5.68. The van der Waals surface area contributed by atoms with Crippen molar-refractivity contribution in [1.82, 2.24) is 9.97 Å². The third-order valence-electron chi connectivity index (χ3n) is 2.14. The van der Waals surface area contributed by atoms with Crippen molar-refractivity contribution in [3.05, 3.63) is 47.5 Å². The van der Waals surface area contributed by atoms with E-state index in [1.165, 1.54) is 6.20 Å². The Morgan fingerprint density at radius 1 is 1.11 bits per heavy atom. The predicted molar refractivity (Wildman–Crippen MR) is 70.9 cm³/mol. The third-order valence-corrected chi connectivity index (χ3v) is 2.35. The lowest BCUT2D eigenvalue weighted by Gasteiger charge is -2.07. The highest BCUT2D eigenvalue weighted by Crippen LogP contribution is 2.13. The molecule has 0 aliphatic rings. The normalized spacial score (nSPS) is 9.89. The number of hydrogen-bond donors (Lipinski definition) is 2. The molecule has 0 aliphatic carbocycles. The van der Waals surface area contributed by atoms with Gasteiger partial charge in [-0.2, -0.15) is 0 Å². The standard InChI is InChI=1S/C12H11ClN4O/c1-8-6-9(2-4-14-8)16-12(18)17-10-3-5-15-11(13)7-10/h2-7H,1H3,(H2,14,15,16,17,18). The van der Waals surface area contributed by atoms with Crippen LogP contribution in [0.3, 0.4) is 0 Å². The van der Waals surface area contributed by atoms with Crippen molar-refractivity contribution < 1.29 is 4.79 Å². The van der Waals surface area contributed by atoms with Gasteiger partial charge in [0.15, 0.2) is 0 Å². The molecule has 2 aromatic heterocycles. The van der Waals surface area contributed by atoms with E-state index >= 15 is 0 Å². The number of halogens is 1. The van der Waals surface area contributed by atoms with Gasteiger partial charge < -0.3 is 10.6 Å². The molecule has 0 unspecified atom stereocenters. The topological polar surface area (TPSA) is 66.9 Å². The van der Waals surface area contributed by atoms with Crippen LogP contribution in [0.1, 0.15) is 5.69 Å². The molecule has 2 aromatic rings. The molecule has 6 heteroatoms. The molecule has 0 fully saturated rings. The van der Waals surface area contributed by atoms with E-state index < -0.39 is 0 Å². The quantitative estimate of drug-likeness (QED) is 0.818. The molecule has 92 valence electrons. The Morgan fingerprint density at radius 2 is 1.72 bits per heavy atom. The number of rotatable bonds is 2. The van der Waals surface area contributed by atoms with E-state index in [2.05, 4.69) is 20.6 Å². The minimum Gasteiger partial charge on any atom is -0.308 e. The van der Waals surface area contributed by atoms with Gasteiger partial charge in [-0.1, -0.05) is 11.6 Å². The number of carbonyl (C=O) groups is 1. The molecule has 2 N–H and O–H groups in total. The number of pyridine rings is 2. The molecule has 5 nitrogen and oxygen atoms in total. The van der Waals surface area contributed by atoms with E-state index in [9.17, 15) is 4.79 Å². The lowest BCUT2D eigenvalue weighted by molar-refractivity contribution is 0.262. The number of amides is 2. The summed E-state index contributed by atoms with van der Waals surface area (Å²) in [5.74, 6) is 0. The molecule has 0 radical (unpaired) electrons. The van der Waals surface area contributed by atoms with Gasteiger partial charge in [0.1, 0.15) is 5.15 Å². The SMILES string of the molecule is Cc1cc(NC(=O)Nc2ccnc(Cl)c2)ccn1. The van der Waals surface area contributed by atoms with Crippen LogP contribution in [0.15, 0.2) is 36.7 Å². The van der Waals surface area contributed by atoms with Crippen molar-refractivity contribution in [2.45, 2.75) is 6.92 Å². The van der Waals surface area contributed by atoms with Gasteiger partial charge in [0.25, 0.3) is 0 Å². The van der Waals surface area contributed by atoms with Crippen molar-refractivity contribution in [2.24, 2.45) is 0 Å². The maximum Gasteiger partial charge on any atom is 0.323 e. The highest BCUT2D eigenvalue weighted by Gasteiger charge is 2.03. The smallest absolute Gasteiger partial charge is 0.308 e. The molecule has 0 aromatic carbocycles. The second-order valence-electron chi connectivity index (χ2n) is 3.63. The number of urea groups is 1. The van der Waals surface area contributed by atoms with Gasteiger partial charge in [0.05, 0.1) is 0 Å². The van der Waals surface area contributed by atoms with Crippen LogP contribution < -0.4 is 10.6 Å². The number of nitrogens with one attached hydrogen (secondary N) is 2. The molecular weight excluding hydrogens is 252 g/mol. The van der Waals surface area contributed by atoms with E-state index in [1.807, 2.05) is 6.92 Å². The molecule has 0 aliphatic heterocycles. The lowest BCUT2D eigenvalue weighted by Crippen LogP contribution is -2.19. The van der Waals surface area contributed by atoms with Crippen LogP contribution in [0, 0.1) is 6.92 Å². The van der Waals surface area contributed by atoms with Crippen molar-refractivity contribution in [3.8, 4) is 0 Å². The molecular formula is C12H11ClN4O. The molecule has 0 saturated carbocycles. The number of aromatic nitrogens is 2. The van der Waals surface area contributed by atoms with Crippen LogP contribution in [-0.2, 0) is 0 Å². The summed E-state index contributed by atoms with van der Waals surface area (Å²) in [6, 6.07) is 6.37. The Labute approximate surface area is 109 Å². The van der Waals surface area contributed by atoms with Gasteiger partial charge >= 0.3 is 6.03 Å². The average Bonchev–Trinajstić information content (AvgIpc) is 2.28. The Kier molecular flexibility index (Phi) is 3.74. The molecule has 2 amide bonds. The third kappa shape index (κ3) is 3.43. The molecule has 18 heavy (non-hydrogen) atoms. The second kappa shape index (κ2) is 5.46. The Bertz CT molecular complexity index is 524. The van der Waals surface area contributed by atoms with Crippen LogP contribution in [0.4, 0.5) is 16.2 Å². The Balaban J connectivity index is 2.01. The summed E-state index contributed by atoms with van der Waals surface area (Å²) >= 11 is 5.72. The largest absolute Gasteiger partial charge is 0.323 e. The van der Waals surface area contributed by atoms with Crippen LogP contribution in [0.5, 0.6) is 0 Å². The zero-order valence-corrected chi connectivity index (χ0v) is 10.4. The van der Waals surface area contributed by atoms with E-state index in [-0.39, 0.29) is 6.03 Å². The van der Waals surface area contributed by atoms with Crippen LogP contribution >= 0.6 is 11.6 Å². The van der Waals surface area contributed by atoms with Crippen LogP contribution in [0.25, 0.3) is 0 Å². The summed E-state index contributed by atoms with van der Waals surface area (Å²) in [6.07, 6.45) is 3.16. The number of anilines is 2. The number of hydrogen-bond acceptors (Lipinski definition) is 3. The summed E-state index contributed by atoms with van der Waals surface area (Å²) in [4.78, 5) is 19.6. The molecule has 0 saturated heterocycles. The van der Waals surface area contributed by atoms with E-state index in [0.29, 0.717) is 16.5 Å². The molecule has 2 rings (SSSR count). The van der Waals surface area contributed by atoms with Gasteiger partial charge in [-0.15, -0.1) is 0 Å². The van der Waals surface area contributed by atoms with Crippen LogP contribution in [-0.4, -0.2) is 16.0 Å².